The maximum Gasteiger partial charge on any atom is 0.488 e. The van der Waals surface area contributed by atoms with Crippen molar-refractivity contribution in [1.29, 1.82) is 0 Å². The maximum atomic E-state index is 13.5. The minimum Gasteiger partial charge on any atom is -0.468 e. The molecule has 0 aromatic heterocycles. The van der Waals surface area contributed by atoms with Crippen LogP contribution in [0.5, 0.6) is 0 Å². The first-order valence-electron chi connectivity index (χ1n) is 4.93. The SMILES string of the molecule is COC(=O)[C@@H](N)Cc1ccc(B(O)O)cc1F. The fourth-order valence-electron chi connectivity index (χ4n) is 1.36. The van der Waals surface area contributed by atoms with E-state index in [1.54, 1.807) is 0 Å². The number of hydrogen-bond donors (Lipinski definition) is 3. The monoisotopic (exact) mass is 241 g/mol. The highest BCUT2D eigenvalue weighted by Gasteiger charge is 2.18. The second-order valence-corrected chi connectivity index (χ2v) is 3.56. The van der Waals surface area contributed by atoms with Crippen LogP contribution < -0.4 is 11.2 Å². The minimum absolute atomic E-state index is 0.0136. The van der Waals surface area contributed by atoms with Crippen LogP contribution in [0.15, 0.2) is 18.2 Å². The lowest BCUT2D eigenvalue weighted by Crippen LogP contribution is -2.34. The third-order valence-electron chi connectivity index (χ3n) is 2.32. The van der Waals surface area contributed by atoms with Gasteiger partial charge in [0.2, 0.25) is 0 Å². The van der Waals surface area contributed by atoms with E-state index >= 15 is 0 Å². The molecule has 0 bridgehead atoms. The van der Waals surface area contributed by atoms with Crippen molar-refractivity contribution >= 4 is 18.6 Å². The van der Waals surface area contributed by atoms with Crippen molar-refractivity contribution < 1.29 is 24.0 Å². The zero-order valence-corrected chi connectivity index (χ0v) is 9.26. The summed E-state index contributed by atoms with van der Waals surface area (Å²) in [4.78, 5) is 11.1. The molecule has 1 aromatic rings. The summed E-state index contributed by atoms with van der Waals surface area (Å²) in [5.41, 5.74) is 5.74. The van der Waals surface area contributed by atoms with Crippen LogP contribution in [0.4, 0.5) is 4.39 Å². The Morgan fingerprint density at radius 3 is 2.71 bits per heavy atom. The Labute approximate surface area is 98.2 Å². The van der Waals surface area contributed by atoms with Crippen LogP contribution in [0, 0.1) is 5.82 Å². The molecule has 7 heteroatoms. The number of hydrogen-bond acceptors (Lipinski definition) is 5. The standard InChI is InChI=1S/C10H13BFNO4/c1-17-10(14)9(13)4-6-2-3-7(11(15)16)5-8(6)12/h2-3,5,9,15-16H,4,13H2,1H3/t9-/m0/s1. The molecule has 0 heterocycles. The number of methoxy groups -OCH3 is 1. The average Bonchev–Trinajstić information content (AvgIpc) is 2.30. The number of ether oxygens (including phenoxy) is 1. The Balaban J connectivity index is 2.83. The fraction of sp³-hybridized carbons (Fsp3) is 0.300. The molecule has 0 amide bonds. The van der Waals surface area contributed by atoms with Crippen LogP contribution in [-0.4, -0.2) is 36.3 Å². The number of halogens is 1. The Hall–Kier alpha value is -1.44. The van der Waals surface area contributed by atoms with E-state index in [1.807, 2.05) is 0 Å². The second kappa shape index (κ2) is 5.76. The molecule has 4 N–H and O–H groups in total. The summed E-state index contributed by atoms with van der Waals surface area (Å²) < 4.78 is 17.9. The summed E-state index contributed by atoms with van der Waals surface area (Å²) in [6, 6.07) is 2.75. The lowest BCUT2D eigenvalue weighted by molar-refractivity contribution is -0.142. The van der Waals surface area contributed by atoms with E-state index in [9.17, 15) is 9.18 Å². The van der Waals surface area contributed by atoms with Crippen molar-refractivity contribution in [3.63, 3.8) is 0 Å². The van der Waals surface area contributed by atoms with E-state index in [1.165, 1.54) is 19.2 Å². The Kier molecular flexibility index (Phi) is 4.62. The van der Waals surface area contributed by atoms with Crippen molar-refractivity contribution in [1.82, 2.24) is 0 Å². The summed E-state index contributed by atoms with van der Waals surface area (Å²) in [6.07, 6.45) is -0.0136. The number of benzene rings is 1. The quantitative estimate of drug-likeness (QED) is 0.443. The van der Waals surface area contributed by atoms with Gasteiger partial charge < -0.3 is 20.5 Å². The summed E-state index contributed by atoms with van der Waals surface area (Å²) >= 11 is 0. The lowest BCUT2D eigenvalue weighted by atomic mass is 9.79. The van der Waals surface area contributed by atoms with Gasteiger partial charge in [-0.2, -0.15) is 0 Å². The Morgan fingerprint density at radius 2 is 2.24 bits per heavy atom. The second-order valence-electron chi connectivity index (χ2n) is 3.56. The van der Waals surface area contributed by atoms with Gasteiger partial charge in [-0.05, 0) is 17.1 Å². The Bertz CT molecular complexity index is 413. The first-order chi connectivity index (χ1) is 7.95. The largest absolute Gasteiger partial charge is 0.488 e. The molecule has 0 aliphatic heterocycles. The van der Waals surface area contributed by atoms with Crippen LogP contribution in [0.2, 0.25) is 0 Å². The zero-order chi connectivity index (χ0) is 13.0. The van der Waals surface area contributed by atoms with Crippen LogP contribution in [0.25, 0.3) is 0 Å². The number of carbonyl (C=O) groups excluding carboxylic acids is 1. The lowest BCUT2D eigenvalue weighted by Gasteiger charge is -2.10. The molecule has 0 saturated carbocycles. The predicted octanol–water partition coefficient (Wildman–Crippen LogP) is -1.45. The topological polar surface area (TPSA) is 92.8 Å². The molecule has 1 atom stereocenters. The van der Waals surface area contributed by atoms with Gasteiger partial charge in [0, 0.05) is 6.42 Å². The van der Waals surface area contributed by atoms with E-state index < -0.39 is 24.9 Å². The third kappa shape index (κ3) is 3.52. The highest BCUT2D eigenvalue weighted by molar-refractivity contribution is 6.58. The van der Waals surface area contributed by atoms with Crippen LogP contribution >= 0.6 is 0 Å². The molecular weight excluding hydrogens is 228 g/mol. The highest BCUT2D eigenvalue weighted by atomic mass is 19.1. The molecule has 5 nitrogen and oxygen atoms in total. The summed E-state index contributed by atoms with van der Waals surface area (Å²) in [5.74, 6) is -1.27. The van der Waals surface area contributed by atoms with E-state index in [2.05, 4.69) is 4.74 Å². The molecule has 0 fully saturated rings. The van der Waals surface area contributed by atoms with Crippen LogP contribution in [0.1, 0.15) is 5.56 Å². The summed E-state index contributed by atoms with van der Waals surface area (Å²) in [6.45, 7) is 0. The molecule has 0 aliphatic carbocycles. The van der Waals surface area contributed by atoms with Gasteiger partial charge in [-0.1, -0.05) is 12.1 Å². The zero-order valence-electron chi connectivity index (χ0n) is 9.26. The van der Waals surface area contributed by atoms with Crippen molar-refractivity contribution in [2.24, 2.45) is 5.73 Å². The first-order valence-corrected chi connectivity index (χ1v) is 4.93. The molecule has 0 saturated heterocycles. The van der Waals surface area contributed by atoms with Crippen molar-refractivity contribution in [3.05, 3.63) is 29.6 Å². The highest BCUT2D eigenvalue weighted by Crippen LogP contribution is 2.08. The number of rotatable bonds is 4. The Morgan fingerprint density at radius 1 is 1.59 bits per heavy atom. The average molecular weight is 241 g/mol. The normalized spacial score (nSPS) is 12.1. The summed E-state index contributed by atoms with van der Waals surface area (Å²) in [5, 5.41) is 17.7. The minimum atomic E-state index is -1.73. The van der Waals surface area contributed by atoms with Crippen LogP contribution in [-0.2, 0) is 16.0 Å². The fourth-order valence-corrected chi connectivity index (χ4v) is 1.36. The number of nitrogens with two attached hydrogens (primary N) is 1. The smallest absolute Gasteiger partial charge is 0.468 e. The molecule has 0 radical (unpaired) electrons. The van der Waals surface area contributed by atoms with Gasteiger partial charge in [-0.3, -0.25) is 4.79 Å². The number of esters is 1. The molecule has 0 aliphatic rings. The van der Waals surface area contributed by atoms with Gasteiger partial charge in [0.25, 0.3) is 0 Å². The molecule has 0 unspecified atom stereocenters. The molecule has 17 heavy (non-hydrogen) atoms. The molecule has 0 spiro atoms. The number of carbonyl (C=O) groups is 1. The predicted molar refractivity (Wildman–Crippen MR) is 59.9 cm³/mol. The summed E-state index contributed by atoms with van der Waals surface area (Å²) in [7, 11) is -0.531. The molecule has 1 rings (SSSR count). The van der Waals surface area contributed by atoms with E-state index in [4.69, 9.17) is 15.8 Å². The van der Waals surface area contributed by atoms with E-state index in [0.717, 1.165) is 6.07 Å². The van der Waals surface area contributed by atoms with Gasteiger partial charge in [-0.15, -0.1) is 0 Å². The molecule has 1 aromatic carbocycles. The van der Waals surface area contributed by atoms with Gasteiger partial charge in [0.1, 0.15) is 11.9 Å². The van der Waals surface area contributed by atoms with Crippen molar-refractivity contribution in [2.75, 3.05) is 7.11 Å². The van der Waals surface area contributed by atoms with E-state index in [-0.39, 0.29) is 17.4 Å². The van der Waals surface area contributed by atoms with Crippen molar-refractivity contribution in [3.8, 4) is 0 Å². The maximum absolute atomic E-state index is 13.5. The molecule has 92 valence electrons. The van der Waals surface area contributed by atoms with Crippen LogP contribution in [0.3, 0.4) is 0 Å². The van der Waals surface area contributed by atoms with E-state index in [0.29, 0.717) is 0 Å². The first kappa shape index (κ1) is 13.6. The van der Waals surface area contributed by atoms with Gasteiger partial charge in [0.05, 0.1) is 7.11 Å². The molecular formula is C10H13BFNO4. The van der Waals surface area contributed by atoms with Gasteiger partial charge in [-0.25, -0.2) is 4.39 Å². The third-order valence-corrected chi connectivity index (χ3v) is 2.32. The van der Waals surface area contributed by atoms with Crippen molar-refractivity contribution in [2.45, 2.75) is 12.5 Å². The van der Waals surface area contributed by atoms with Gasteiger partial charge in [0.15, 0.2) is 0 Å². The van der Waals surface area contributed by atoms with Gasteiger partial charge >= 0.3 is 13.1 Å².